The quantitative estimate of drug-likeness (QED) is 0.794. The lowest BCUT2D eigenvalue weighted by molar-refractivity contribution is -0.124. The van der Waals surface area contributed by atoms with E-state index >= 15 is 0 Å². The second-order valence-electron chi connectivity index (χ2n) is 5.76. The number of hydrogen-bond acceptors (Lipinski definition) is 4. The van der Waals surface area contributed by atoms with Gasteiger partial charge in [-0.25, -0.2) is 4.79 Å². The van der Waals surface area contributed by atoms with Crippen molar-refractivity contribution in [3.8, 4) is 0 Å². The Kier molecular flexibility index (Phi) is 6.49. The van der Waals surface area contributed by atoms with Crippen molar-refractivity contribution in [1.82, 2.24) is 10.3 Å². The summed E-state index contributed by atoms with van der Waals surface area (Å²) in [6.45, 7) is 3.48. The lowest BCUT2D eigenvalue weighted by Gasteiger charge is -2.14. The van der Waals surface area contributed by atoms with Gasteiger partial charge in [-0.1, -0.05) is 30.3 Å². The topological polar surface area (TPSA) is 68.3 Å². The first-order valence-corrected chi connectivity index (χ1v) is 7.97. The van der Waals surface area contributed by atoms with Crippen molar-refractivity contribution in [3.05, 3.63) is 65.5 Å². The average Bonchev–Trinajstić information content (AvgIpc) is 2.59. The van der Waals surface area contributed by atoms with Gasteiger partial charge in [-0.3, -0.25) is 9.78 Å². The molecule has 24 heavy (non-hydrogen) atoms. The van der Waals surface area contributed by atoms with Crippen LogP contribution in [0.4, 0.5) is 0 Å². The smallest absolute Gasteiger partial charge is 0.340 e. The van der Waals surface area contributed by atoms with Gasteiger partial charge >= 0.3 is 5.97 Å². The van der Waals surface area contributed by atoms with E-state index in [1.807, 2.05) is 32.0 Å². The molecule has 1 aromatic carbocycles. The van der Waals surface area contributed by atoms with Crippen LogP contribution in [0.1, 0.15) is 35.0 Å². The first-order chi connectivity index (χ1) is 11.5. The Balaban J connectivity index is 1.70. The van der Waals surface area contributed by atoms with E-state index in [9.17, 15) is 9.59 Å². The van der Waals surface area contributed by atoms with E-state index in [4.69, 9.17) is 4.74 Å². The molecule has 2 rings (SSSR count). The Bertz CT molecular complexity index is 669. The molecule has 0 spiro atoms. The summed E-state index contributed by atoms with van der Waals surface area (Å²) in [6.07, 6.45) is 3.15. The van der Waals surface area contributed by atoms with Crippen LogP contribution in [0.3, 0.4) is 0 Å². The molecule has 0 aliphatic heterocycles. The third-order valence-electron chi connectivity index (χ3n) is 3.60. The predicted octanol–water partition coefficient (Wildman–Crippen LogP) is 2.68. The van der Waals surface area contributed by atoms with Gasteiger partial charge in [-0.2, -0.15) is 0 Å². The van der Waals surface area contributed by atoms with Gasteiger partial charge in [0.1, 0.15) is 0 Å². The number of nitrogens with one attached hydrogen (secondary N) is 1. The lowest BCUT2D eigenvalue weighted by atomic mass is 10.1. The Morgan fingerprint density at radius 1 is 1.17 bits per heavy atom. The van der Waals surface area contributed by atoms with E-state index in [0.29, 0.717) is 5.56 Å². The van der Waals surface area contributed by atoms with Crippen LogP contribution < -0.4 is 5.32 Å². The number of aromatic nitrogens is 1. The summed E-state index contributed by atoms with van der Waals surface area (Å²) in [5.41, 5.74) is 2.39. The first kappa shape index (κ1) is 17.7. The fourth-order valence-electron chi connectivity index (χ4n) is 2.22. The van der Waals surface area contributed by atoms with Gasteiger partial charge in [0.05, 0.1) is 5.56 Å². The molecule has 0 bridgehead atoms. The van der Waals surface area contributed by atoms with Gasteiger partial charge in [0, 0.05) is 17.9 Å². The fraction of sp³-hybridized carbons (Fsp3) is 0.316. The number of pyridine rings is 1. The van der Waals surface area contributed by atoms with E-state index < -0.39 is 5.97 Å². The Morgan fingerprint density at radius 2 is 1.92 bits per heavy atom. The van der Waals surface area contributed by atoms with Crippen LogP contribution in [0, 0.1) is 6.92 Å². The summed E-state index contributed by atoms with van der Waals surface area (Å²) >= 11 is 0. The zero-order valence-corrected chi connectivity index (χ0v) is 14.0. The molecule has 0 saturated carbocycles. The minimum Gasteiger partial charge on any atom is -0.452 e. The Hall–Kier alpha value is -2.69. The molecule has 1 amide bonds. The SMILES string of the molecule is Cc1ccc(C(=O)OCC(=O)N[C@@H](C)CCc2ccccc2)cn1. The van der Waals surface area contributed by atoms with E-state index in [1.165, 1.54) is 11.8 Å². The average molecular weight is 326 g/mol. The summed E-state index contributed by atoms with van der Waals surface area (Å²) in [6, 6.07) is 13.5. The van der Waals surface area contributed by atoms with Crippen LogP contribution in [0.25, 0.3) is 0 Å². The molecule has 1 atom stereocenters. The van der Waals surface area contributed by atoms with Crippen molar-refractivity contribution < 1.29 is 14.3 Å². The van der Waals surface area contributed by atoms with Gasteiger partial charge in [-0.15, -0.1) is 0 Å². The van der Waals surface area contributed by atoms with Crippen LogP contribution in [-0.2, 0) is 16.0 Å². The molecule has 2 aromatic rings. The van der Waals surface area contributed by atoms with E-state index in [1.54, 1.807) is 12.1 Å². The van der Waals surface area contributed by atoms with Crippen molar-refractivity contribution in [2.24, 2.45) is 0 Å². The van der Waals surface area contributed by atoms with Crippen molar-refractivity contribution in [1.29, 1.82) is 0 Å². The molecule has 0 unspecified atom stereocenters. The maximum Gasteiger partial charge on any atom is 0.340 e. The maximum absolute atomic E-state index is 11.9. The minimum atomic E-state index is -0.547. The van der Waals surface area contributed by atoms with Gasteiger partial charge in [0.2, 0.25) is 0 Å². The molecule has 126 valence electrons. The van der Waals surface area contributed by atoms with Crippen molar-refractivity contribution >= 4 is 11.9 Å². The number of hydrogen-bond donors (Lipinski definition) is 1. The van der Waals surface area contributed by atoms with Crippen LogP contribution in [0.5, 0.6) is 0 Å². The van der Waals surface area contributed by atoms with Crippen molar-refractivity contribution in [3.63, 3.8) is 0 Å². The highest BCUT2D eigenvalue weighted by molar-refractivity contribution is 5.91. The second kappa shape index (κ2) is 8.82. The molecule has 0 radical (unpaired) electrons. The van der Waals surface area contributed by atoms with Gasteiger partial charge < -0.3 is 10.1 Å². The third kappa shape index (κ3) is 5.83. The predicted molar refractivity (Wildman–Crippen MR) is 91.6 cm³/mol. The van der Waals surface area contributed by atoms with Gasteiger partial charge in [0.25, 0.3) is 5.91 Å². The lowest BCUT2D eigenvalue weighted by Crippen LogP contribution is -2.36. The number of carbonyl (C=O) groups excluding carboxylic acids is 2. The Labute approximate surface area is 142 Å². The molecular formula is C19H22N2O3. The number of nitrogens with zero attached hydrogens (tertiary/aromatic N) is 1. The number of esters is 1. The molecule has 0 fully saturated rings. The molecular weight excluding hydrogens is 304 g/mol. The highest BCUT2D eigenvalue weighted by atomic mass is 16.5. The number of rotatable bonds is 7. The number of amides is 1. The van der Waals surface area contributed by atoms with Gasteiger partial charge in [0.15, 0.2) is 6.61 Å². The van der Waals surface area contributed by atoms with E-state index in [2.05, 4.69) is 22.4 Å². The molecule has 5 nitrogen and oxygen atoms in total. The maximum atomic E-state index is 11.9. The summed E-state index contributed by atoms with van der Waals surface area (Å²) in [4.78, 5) is 27.7. The second-order valence-corrected chi connectivity index (χ2v) is 5.76. The van der Waals surface area contributed by atoms with E-state index in [-0.39, 0.29) is 18.6 Å². The number of benzene rings is 1. The normalized spacial score (nSPS) is 11.6. The molecule has 1 N–H and O–H groups in total. The summed E-state index contributed by atoms with van der Waals surface area (Å²) in [5, 5.41) is 2.83. The van der Waals surface area contributed by atoms with Crippen LogP contribution in [-0.4, -0.2) is 29.5 Å². The Morgan fingerprint density at radius 3 is 2.58 bits per heavy atom. The highest BCUT2D eigenvalue weighted by Crippen LogP contribution is 2.05. The number of ether oxygens (including phenoxy) is 1. The standard InChI is InChI=1S/C19H22N2O3/c1-14-9-11-17(12-20-14)19(23)24-13-18(22)21-15(2)8-10-16-6-4-3-5-7-16/h3-7,9,11-12,15H,8,10,13H2,1-2H3,(H,21,22)/t15-/m0/s1. The molecule has 0 aliphatic carbocycles. The van der Waals surface area contributed by atoms with Crippen LogP contribution >= 0.6 is 0 Å². The van der Waals surface area contributed by atoms with Crippen molar-refractivity contribution in [2.45, 2.75) is 32.7 Å². The van der Waals surface area contributed by atoms with Crippen molar-refractivity contribution in [2.75, 3.05) is 6.61 Å². The highest BCUT2D eigenvalue weighted by Gasteiger charge is 2.12. The number of aryl methyl sites for hydroxylation is 2. The van der Waals surface area contributed by atoms with E-state index in [0.717, 1.165) is 18.5 Å². The minimum absolute atomic E-state index is 0.0115. The first-order valence-electron chi connectivity index (χ1n) is 7.97. The molecule has 0 saturated heterocycles. The fourth-order valence-corrected chi connectivity index (χ4v) is 2.22. The third-order valence-corrected chi connectivity index (χ3v) is 3.60. The zero-order valence-electron chi connectivity index (χ0n) is 14.0. The summed E-state index contributed by atoms with van der Waals surface area (Å²) in [5.74, 6) is -0.849. The molecule has 0 aliphatic rings. The van der Waals surface area contributed by atoms with Crippen LogP contribution in [0.15, 0.2) is 48.7 Å². The molecule has 5 heteroatoms. The summed E-state index contributed by atoms with van der Waals surface area (Å²) in [7, 11) is 0. The summed E-state index contributed by atoms with van der Waals surface area (Å²) < 4.78 is 5.00. The molecule has 1 aromatic heterocycles. The zero-order chi connectivity index (χ0) is 17.4. The monoisotopic (exact) mass is 326 g/mol. The molecule has 1 heterocycles. The van der Waals surface area contributed by atoms with Crippen LogP contribution in [0.2, 0.25) is 0 Å². The van der Waals surface area contributed by atoms with Gasteiger partial charge in [-0.05, 0) is 44.4 Å². The largest absolute Gasteiger partial charge is 0.452 e. The number of carbonyl (C=O) groups is 2.